The van der Waals surface area contributed by atoms with E-state index in [9.17, 15) is 14.4 Å². The molecule has 0 saturated heterocycles. The molecule has 0 bridgehead atoms. The van der Waals surface area contributed by atoms with E-state index in [1.165, 1.54) is 18.2 Å². The molecule has 0 aliphatic heterocycles. The summed E-state index contributed by atoms with van der Waals surface area (Å²) in [5.74, 6) is -1.21. The Kier molecular flexibility index (Phi) is 6.25. The van der Waals surface area contributed by atoms with Gasteiger partial charge in [0.25, 0.3) is 0 Å². The van der Waals surface area contributed by atoms with Crippen molar-refractivity contribution in [2.75, 3.05) is 17.2 Å². The molecule has 3 rings (SSSR count). The SMILES string of the molecule is N#C[C@@H](c1ccccc1)c1ccc(NCC(=O)Nc2cccc(F)c2)cc1Cl. The third kappa shape index (κ3) is 4.87. The van der Waals surface area contributed by atoms with Gasteiger partial charge in [-0.3, -0.25) is 4.79 Å². The molecule has 3 aromatic rings. The molecule has 140 valence electrons. The Labute approximate surface area is 167 Å². The van der Waals surface area contributed by atoms with E-state index in [1.807, 2.05) is 30.3 Å². The number of amides is 1. The van der Waals surface area contributed by atoms with E-state index in [2.05, 4.69) is 16.7 Å². The summed E-state index contributed by atoms with van der Waals surface area (Å²) in [6.45, 7) is -0.00739. The average molecular weight is 394 g/mol. The number of nitrogens with one attached hydrogen (secondary N) is 2. The van der Waals surface area contributed by atoms with Crippen LogP contribution in [0.5, 0.6) is 0 Å². The second-order valence-corrected chi connectivity index (χ2v) is 6.53. The van der Waals surface area contributed by atoms with Gasteiger partial charge in [-0.15, -0.1) is 0 Å². The summed E-state index contributed by atoms with van der Waals surface area (Å²) in [5.41, 5.74) is 2.60. The molecular formula is C22H17ClFN3O. The molecule has 0 aromatic heterocycles. The van der Waals surface area contributed by atoms with Crippen molar-refractivity contribution >= 4 is 28.9 Å². The topological polar surface area (TPSA) is 64.9 Å². The van der Waals surface area contributed by atoms with Crippen molar-refractivity contribution in [2.45, 2.75) is 5.92 Å². The van der Waals surface area contributed by atoms with Gasteiger partial charge >= 0.3 is 0 Å². The number of carbonyl (C=O) groups is 1. The van der Waals surface area contributed by atoms with E-state index in [-0.39, 0.29) is 12.5 Å². The summed E-state index contributed by atoms with van der Waals surface area (Å²) in [5, 5.41) is 15.6. The van der Waals surface area contributed by atoms with Crippen molar-refractivity contribution in [1.82, 2.24) is 0 Å². The maximum atomic E-state index is 13.2. The fourth-order valence-corrected chi connectivity index (χ4v) is 3.08. The molecule has 2 N–H and O–H groups in total. The fourth-order valence-electron chi connectivity index (χ4n) is 2.79. The molecule has 0 spiro atoms. The lowest BCUT2D eigenvalue weighted by molar-refractivity contribution is -0.114. The summed E-state index contributed by atoms with van der Waals surface area (Å²) < 4.78 is 13.2. The first-order valence-electron chi connectivity index (χ1n) is 8.60. The molecule has 0 radical (unpaired) electrons. The molecule has 6 heteroatoms. The van der Waals surface area contributed by atoms with Crippen LogP contribution in [0.15, 0.2) is 72.8 Å². The van der Waals surface area contributed by atoms with Crippen molar-refractivity contribution in [3.8, 4) is 6.07 Å². The van der Waals surface area contributed by atoms with Gasteiger partial charge in [-0.05, 0) is 41.5 Å². The minimum atomic E-state index is -0.473. The largest absolute Gasteiger partial charge is 0.376 e. The molecular weight excluding hydrogens is 377 g/mol. The van der Waals surface area contributed by atoms with Crippen LogP contribution in [0.1, 0.15) is 17.0 Å². The lowest BCUT2D eigenvalue weighted by Crippen LogP contribution is -2.21. The number of anilines is 2. The van der Waals surface area contributed by atoms with Crippen molar-refractivity contribution in [3.63, 3.8) is 0 Å². The van der Waals surface area contributed by atoms with Crippen LogP contribution in [0.2, 0.25) is 5.02 Å². The van der Waals surface area contributed by atoms with Gasteiger partial charge in [0.05, 0.1) is 18.5 Å². The van der Waals surface area contributed by atoms with Crippen molar-refractivity contribution in [3.05, 3.63) is 94.8 Å². The molecule has 1 atom stereocenters. The Morgan fingerprint density at radius 2 is 1.82 bits per heavy atom. The highest BCUT2D eigenvalue weighted by atomic mass is 35.5. The smallest absolute Gasteiger partial charge is 0.243 e. The number of nitriles is 1. The standard InChI is InChI=1S/C22H17ClFN3O/c23-21-12-17(26-14-22(28)27-18-8-4-7-16(24)11-18)9-10-19(21)20(13-25)15-5-2-1-3-6-15/h1-12,20,26H,14H2,(H,27,28)/t20-/m0/s1. The van der Waals surface area contributed by atoms with Crippen molar-refractivity contribution < 1.29 is 9.18 Å². The fraction of sp³-hybridized carbons (Fsp3) is 0.0909. The Morgan fingerprint density at radius 1 is 1.04 bits per heavy atom. The first kappa shape index (κ1) is 19.4. The summed E-state index contributed by atoms with van der Waals surface area (Å²) >= 11 is 6.38. The van der Waals surface area contributed by atoms with Crippen LogP contribution in [0.3, 0.4) is 0 Å². The molecule has 1 amide bonds. The minimum absolute atomic E-state index is 0.00739. The monoisotopic (exact) mass is 393 g/mol. The molecule has 3 aromatic carbocycles. The van der Waals surface area contributed by atoms with E-state index >= 15 is 0 Å². The molecule has 0 aliphatic carbocycles. The zero-order valence-electron chi connectivity index (χ0n) is 14.8. The van der Waals surface area contributed by atoms with Crippen LogP contribution in [0.25, 0.3) is 0 Å². The number of hydrogen-bond acceptors (Lipinski definition) is 3. The molecule has 28 heavy (non-hydrogen) atoms. The molecule has 4 nitrogen and oxygen atoms in total. The van der Waals surface area contributed by atoms with E-state index in [1.54, 1.807) is 24.3 Å². The summed E-state index contributed by atoms with van der Waals surface area (Å²) in [6, 6.07) is 22.6. The van der Waals surface area contributed by atoms with Gasteiger partial charge in [-0.1, -0.05) is 54.1 Å². The molecule has 0 heterocycles. The van der Waals surface area contributed by atoms with Crippen LogP contribution < -0.4 is 10.6 Å². The number of halogens is 2. The number of rotatable bonds is 6. The van der Waals surface area contributed by atoms with Crippen LogP contribution >= 0.6 is 11.6 Å². The third-order valence-corrected chi connectivity index (χ3v) is 4.46. The highest BCUT2D eigenvalue weighted by molar-refractivity contribution is 6.31. The van der Waals surface area contributed by atoms with Gasteiger partial charge in [0, 0.05) is 16.4 Å². The maximum absolute atomic E-state index is 13.2. The predicted octanol–water partition coefficient (Wildman–Crippen LogP) is 5.19. The molecule has 0 aliphatic rings. The Balaban J connectivity index is 1.65. The Bertz CT molecular complexity index is 1020. The zero-order chi connectivity index (χ0) is 19.9. The normalized spacial score (nSPS) is 11.3. The molecule has 0 unspecified atom stereocenters. The van der Waals surface area contributed by atoms with Gasteiger partial charge < -0.3 is 10.6 Å². The third-order valence-electron chi connectivity index (χ3n) is 4.13. The van der Waals surface area contributed by atoms with Crippen molar-refractivity contribution in [1.29, 1.82) is 5.26 Å². The molecule has 0 fully saturated rings. The van der Waals surface area contributed by atoms with Gasteiger partial charge in [0.1, 0.15) is 5.82 Å². The number of benzene rings is 3. The lowest BCUT2D eigenvalue weighted by atomic mass is 9.92. The number of carbonyl (C=O) groups excluding carboxylic acids is 1. The van der Waals surface area contributed by atoms with E-state index in [0.29, 0.717) is 22.0 Å². The quantitative estimate of drug-likeness (QED) is 0.606. The summed E-state index contributed by atoms with van der Waals surface area (Å²) in [6.07, 6.45) is 0. The molecule has 0 saturated carbocycles. The maximum Gasteiger partial charge on any atom is 0.243 e. The second-order valence-electron chi connectivity index (χ2n) is 6.12. The number of nitrogens with zero attached hydrogens (tertiary/aromatic N) is 1. The summed E-state index contributed by atoms with van der Waals surface area (Å²) in [7, 11) is 0. The van der Waals surface area contributed by atoms with Crippen LogP contribution in [-0.4, -0.2) is 12.5 Å². The Morgan fingerprint density at radius 3 is 2.50 bits per heavy atom. The Hall–Kier alpha value is -3.36. The van der Waals surface area contributed by atoms with E-state index in [4.69, 9.17) is 11.6 Å². The van der Waals surface area contributed by atoms with Gasteiger partial charge in [-0.25, -0.2) is 4.39 Å². The predicted molar refractivity (Wildman–Crippen MR) is 109 cm³/mol. The van der Waals surface area contributed by atoms with Crippen LogP contribution in [0.4, 0.5) is 15.8 Å². The van der Waals surface area contributed by atoms with E-state index in [0.717, 1.165) is 5.56 Å². The first-order chi connectivity index (χ1) is 13.6. The first-order valence-corrected chi connectivity index (χ1v) is 8.98. The average Bonchev–Trinajstić information content (AvgIpc) is 2.69. The highest BCUT2D eigenvalue weighted by Crippen LogP contribution is 2.31. The van der Waals surface area contributed by atoms with Gasteiger partial charge in [0.15, 0.2) is 0 Å². The van der Waals surface area contributed by atoms with Gasteiger partial charge in [-0.2, -0.15) is 5.26 Å². The summed E-state index contributed by atoms with van der Waals surface area (Å²) in [4.78, 5) is 12.0. The second kappa shape index (κ2) is 9.03. The highest BCUT2D eigenvalue weighted by Gasteiger charge is 2.16. The number of hydrogen-bond donors (Lipinski definition) is 2. The van der Waals surface area contributed by atoms with E-state index < -0.39 is 11.7 Å². The zero-order valence-corrected chi connectivity index (χ0v) is 15.6. The van der Waals surface area contributed by atoms with Crippen LogP contribution in [-0.2, 0) is 4.79 Å². The van der Waals surface area contributed by atoms with Crippen LogP contribution in [0, 0.1) is 17.1 Å². The lowest BCUT2D eigenvalue weighted by Gasteiger charge is -2.14. The minimum Gasteiger partial charge on any atom is -0.376 e. The van der Waals surface area contributed by atoms with Crippen molar-refractivity contribution in [2.24, 2.45) is 0 Å². The van der Waals surface area contributed by atoms with Gasteiger partial charge in [0.2, 0.25) is 5.91 Å².